The minimum Gasteiger partial charge on any atom is -0.481 e. The first-order valence-corrected chi connectivity index (χ1v) is 8.00. The van der Waals surface area contributed by atoms with Crippen LogP contribution in [0.2, 0.25) is 0 Å². The average Bonchev–Trinajstić information content (AvgIpc) is 2.86. The Labute approximate surface area is 117 Å². The van der Waals surface area contributed by atoms with Crippen molar-refractivity contribution in [1.82, 2.24) is 9.21 Å². The van der Waals surface area contributed by atoms with Crippen LogP contribution in [0.5, 0.6) is 0 Å². The van der Waals surface area contributed by atoms with Crippen LogP contribution >= 0.6 is 0 Å². The fraction of sp³-hybridized carbons (Fsp3) is 0.667. The Morgan fingerprint density at radius 1 is 1.55 bits per heavy atom. The number of hydrogen-bond acceptors (Lipinski definition) is 4. The Morgan fingerprint density at radius 2 is 2.20 bits per heavy atom. The summed E-state index contributed by atoms with van der Waals surface area (Å²) in [7, 11) is -3.59. The van der Waals surface area contributed by atoms with E-state index in [0.29, 0.717) is 6.54 Å². The molecule has 0 unspecified atom stereocenters. The molecule has 2 atom stereocenters. The smallest absolute Gasteiger partial charge is 0.313 e. The van der Waals surface area contributed by atoms with Crippen molar-refractivity contribution >= 4 is 21.9 Å². The Balaban J connectivity index is 2.34. The Bertz CT molecular complexity index is 558. The van der Waals surface area contributed by atoms with E-state index in [-0.39, 0.29) is 31.3 Å². The van der Waals surface area contributed by atoms with E-state index >= 15 is 0 Å². The van der Waals surface area contributed by atoms with Crippen LogP contribution in [0.25, 0.3) is 0 Å². The fourth-order valence-electron chi connectivity index (χ4n) is 3.00. The molecule has 2 aliphatic rings. The molecule has 2 aliphatic heterocycles. The van der Waals surface area contributed by atoms with E-state index in [2.05, 4.69) is 6.58 Å². The van der Waals surface area contributed by atoms with Crippen LogP contribution in [0, 0.1) is 11.3 Å². The topological polar surface area (TPSA) is 95.0 Å². The number of carboxylic acid groups (broad SMARTS) is 1. The summed E-state index contributed by atoms with van der Waals surface area (Å²) in [4.78, 5) is 25.3. The lowest BCUT2D eigenvalue weighted by molar-refractivity contribution is -0.149. The first kappa shape index (κ1) is 15.0. The molecule has 0 aromatic carbocycles. The van der Waals surface area contributed by atoms with Gasteiger partial charge in [-0.3, -0.25) is 9.59 Å². The summed E-state index contributed by atoms with van der Waals surface area (Å²) in [5, 5.41) is 9.50. The molecule has 0 bridgehead atoms. The summed E-state index contributed by atoms with van der Waals surface area (Å²) in [6.45, 7) is 5.46. The van der Waals surface area contributed by atoms with Gasteiger partial charge in [0, 0.05) is 26.2 Å². The Morgan fingerprint density at radius 3 is 2.65 bits per heavy atom. The maximum atomic E-state index is 12.2. The molecule has 20 heavy (non-hydrogen) atoms. The van der Waals surface area contributed by atoms with Gasteiger partial charge >= 0.3 is 5.97 Å². The number of carbonyl (C=O) groups excluding carboxylic acids is 1. The van der Waals surface area contributed by atoms with E-state index in [4.69, 9.17) is 0 Å². The highest BCUT2D eigenvalue weighted by molar-refractivity contribution is 7.89. The van der Waals surface area contributed by atoms with Crippen LogP contribution in [-0.2, 0) is 19.6 Å². The standard InChI is InChI=1S/C12H18N2O5S/c1-3-5-20(18,19)14-6-9-10(15)13(4-2)7-12(9,8-14)11(16)17/h3,9H,1,4-8H2,2H3,(H,16,17)/t9-,12+/m1/s1. The molecule has 2 fully saturated rings. The highest BCUT2D eigenvalue weighted by atomic mass is 32.2. The van der Waals surface area contributed by atoms with Gasteiger partial charge in [-0.1, -0.05) is 6.08 Å². The normalized spacial score (nSPS) is 30.6. The largest absolute Gasteiger partial charge is 0.481 e. The molecule has 2 saturated heterocycles. The van der Waals surface area contributed by atoms with E-state index < -0.39 is 27.3 Å². The van der Waals surface area contributed by atoms with Gasteiger partial charge in [-0.25, -0.2) is 8.42 Å². The molecule has 0 aromatic heterocycles. The molecule has 2 heterocycles. The van der Waals surface area contributed by atoms with Crippen LogP contribution in [-0.4, -0.2) is 66.5 Å². The molecular weight excluding hydrogens is 284 g/mol. The monoisotopic (exact) mass is 302 g/mol. The lowest BCUT2D eigenvalue weighted by Crippen LogP contribution is -2.42. The summed E-state index contributed by atoms with van der Waals surface area (Å²) in [5.74, 6) is -2.42. The third-order valence-corrected chi connectivity index (χ3v) is 5.85. The quantitative estimate of drug-likeness (QED) is 0.682. The summed E-state index contributed by atoms with van der Waals surface area (Å²) < 4.78 is 25.2. The lowest BCUT2D eigenvalue weighted by atomic mass is 9.81. The molecule has 0 aromatic rings. The number of sulfonamides is 1. The second kappa shape index (κ2) is 4.85. The van der Waals surface area contributed by atoms with Gasteiger partial charge in [-0.15, -0.1) is 6.58 Å². The number of amides is 1. The summed E-state index contributed by atoms with van der Waals surface area (Å²) in [5.41, 5.74) is -1.32. The van der Waals surface area contributed by atoms with E-state index in [9.17, 15) is 23.1 Å². The van der Waals surface area contributed by atoms with Crippen LogP contribution in [0.1, 0.15) is 6.92 Å². The highest BCUT2D eigenvalue weighted by Crippen LogP contribution is 2.44. The molecule has 0 spiro atoms. The zero-order valence-corrected chi connectivity index (χ0v) is 12.1. The van der Waals surface area contributed by atoms with Crippen LogP contribution in [0.3, 0.4) is 0 Å². The Kier molecular flexibility index (Phi) is 3.64. The maximum Gasteiger partial charge on any atom is 0.313 e. The van der Waals surface area contributed by atoms with Gasteiger partial charge in [0.2, 0.25) is 15.9 Å². The van der Waals surface area contributed by atoms with Crippen molar-refractivity contribution in [3.63, 3.8) is 0 Å². The van der Waals surface area contributed by atoms with Gasteiger partial charge in [0.15, 0.2) is 0 Å². The zero-order valence-electron chi connectivity index (χ0n) is 11.3. The fourth-order valence-corrected chi connectivity index (χ4v) is 4.31. The summed E-state index contributed by atoms with van der Waals surface area (Å²) in [6, 6.07) is 0. The molecular formula is C12H18N2O5S. The molecule has 7 nitrogen and oxygen atoms in total. The predicted octanol–water partition coefficient (Wildman–Crippen LogP) is -0.633. The van der Waals surface area contributed by atoms with E-state index in [1.54, 1.807) is 6.92 Å². The number of carboxylic acids is 1. The first-order valence-electron chi connectivity index (χ1n) is 6.39. The van der Waals surface area contributed by atoms with Crippen LogP contribution in [0.4, 0.5) is 0 Å². The van der Waals surface area contributed by atoms with Crippen molar-refractivity contribution in [3.05, 3.63) is 12.7 Å². The van der Waals surface area contributed by atoms with Gasteiger partial charge in [-0.2, -0.15) is 4.31 Å². The molecule has 1 N–H and O–H groups in total. The predicted molar refractivity (Wildman–Crippen MR) is 71.4 cm³/mol. The highest BCUT2D eigenvalue weighted by Gasteiger charge is 2.63. The van der Waals surface area contributed by atoms with Crippen molar-refractivity contribution in [2.45, 2.75) is 6.92 Å². The van der Waals surface area contributed by atoms with Gasteiger partial charge in [0.1, 0.15) is 5.41 Å². The van der Waals surface area contributed by atoms with Crippen LogP contribution < -0.4 is 0 Å². The number of likely N-dealkylation sites (tertiary alicyclic amines) is 1. The second-order valence-electron chi connectivity index (χ2n) is 5.23. The average molecular weight is 302 g/mol. The van der Waals surface area contributed by atoms with E-state index in [1.165, 1.54) is 11.0 Å². The summed E-state index contributed by atoms with van der Waals surface area (Å²) >= 11 is 0. The number of aliphatic carboxylic acids is 1. The van der Waals surface area contributed by atoms with Gasteiger partial charge in [-0.05, 0) is 6.92 Å². The van der Waals surface area contributed by atoms with Gasteiger partial charge < -0.3 is 10.0 Å². The zero-order chi connectivity index (χ0) is 15.1. The SMILES string of the molecule is C=CCS(=O)(=O)N1C[C@@H]2C(=O)N(CC)C[C@]2(C(=O)O)C1. The molecule has 0 aliphatic carbocycles. The molecule has 0 radical (unpaired) electrons. The van der Waals surface area contributed by atoms with E-state index in [1.807, 2.05) is 0 Å². The van der Waals surface area contributed by atoms with Crippen LogP contribution in [0.15, 0.2) is 12.7 Å². The van der Waals surface area contributed by atoms with Crippen molar-refractivity contribution in [2.24, 2.45) is 11.3 Å². The third kappa shape index (κ3) is 2.03. The van der Waals surface area contributed by atoms with Gasteiger partial charge in [0.25, 0.3) is 0 Å². The Hall–Kier alpha value is -1.41. The molecule has 2 rings (SSSR count). The molecule has 8 heteroatoms. The number of hydrogen-bond donors (Lipinski definition) is 1. The second-order valence-corrected chi connectivity index (χ2v) is 7.24. The van der Waals surface area contributed by atoms with Crippen molar-refractivity contribution in [3.8, 4) is 0 Å². The van der Waals surface area contributed by atoms with Crippen molar-refractivity contribution in [1.29, 1.82) is 0 Å². The third-order valence-electron chi connectivity index (χ3n) is 4.12. The van der Waals surface area contributed by atoms with Crippen molar-refractivity contribution in [2.75, 3.05) is 31.9 Å². The first-order chi connectivity index (χ1) is 9.28. The maximum absolute atomic E-state index is 12.2. The van der Waals surface area contributed by atoms with Gasteiger partial charge in [0.05, 0.1) is 11.7 Å². The van der Waals surface area contributed by atoms with E-state index in [0.717, 1.165) is 4.31 Å². The number of carbonyl (C=O) groups is 2. The number of rotatable bonds is 5. The van der Waals surface area contributed by atoms with Crippen molar-refractivity contribution < 1.29 is 23.1 Å². The minimum absolute atomic E-state index is 0.0577. The minimum atomic E-state index is -3.59. The molecule has 112 valence electrons. The number of nitrogens with zero attached hydrogens (tertiary/aromatic N) is 2. The number of fused-ring (bicyclic) bond motifs is 1. The lowest BCUT2D eigenvalue weighted by Gasteiger charge is -2.24. The molecule has 0 saturated carbocycles. The molecule has 1 amide bonds. The summed E-state index contributed by atoms with van der Waals surface area (Å²) in [6.07, 6.45) is 1.26.